The predicted molar refractivity (Wildman–Crippen MR) is 85.5 cm³/mol. The molecule has 0 radical (unpaired) electrons. The van der Waals surface area contributed by atoms with Crippen LogP contribution in [0.5, 0.6) is 0 Å². The van der Waals surface area contributed by atoms with Crippen LogP contribution >= 0.6 is 0 Å². The Bertz CT molecular complexity index is 665. The van der Waals surface area contributed by atoms with Gasteiger partial charge < -0.3 is 10.2 Å². The van der Waals surface area contributed by atoms with Crippen LogP contribution in [0.3, 0.4) is 0 Å². The quantitative estimate of drug-likeness (QED) is 0.937. The number of carbonyl (C=O) groups excluding carboxylic acids is 1. The van der Waals surface area contributed by atoms with Gasteiger partial charge in [0.1, 0.15) is 5.82 Å². The Hall–Kier alpha value is -2.50. The molecule has 120 valence electrons. The number of hydrogen-bond acceptors (Lipinski definition) is 4. The van der Waals surface area contributed by atoms with Crippen molar-refractivity contribution in [2.75, 3.05) is 18.0 Å². The molecule has 23 heavy (non-hydrogen) atoms. The lowest BCUT2D eigenvalue weighted by Crippen LogP contribution is -2.48. The molecule has 6 heteroatoms. The van der Waals surface area contributed by atoms with Gasteiger partial charge in [0.05, 0.1) is 6.42 Å². The van der Waals surface area contributed by atoms with Crippen molar-refractivity contribution in [2.24, 2.45) is 0 Å². The van der Waals surface area contributed by atoms with E-state index in [0.29, 0.717) is 12.1 Å². The Morgan fingerprint density at radius 1 is 1.35 bits per heavy atom. The lowest BCUT2D eigenvalue weighted by molar-refractivity contribution is -0.121. The van der Waals surface area contributed by atoms with Crippen LogP contribution in [0, 0.1) is 5.82 Å². The van der Waals surface area contributed by atoms with Gasteiger partial charge in [0.15, 0.2) is 5.82 Å². The molecule has 0 unspecified atom stereocenters. The average molecular weight is 314 g/mol. The molecular formula is C17H19FN4O. The normalized spacial score (nSPS) is 17.8. The highest BCUT2D eigenvalue weighted by molar-refractivity contribution is 5.79. The van der Waals surface area contributed by atoms with Crippen molar-refractivity contribution >= 4 is 11.7 Å². The predicted octanol–water partition coefficient (Wildman–Crippen LogP) is 1.94. The maximum Gasteiger partial charge on any atom is 0.224 e. The van der Waals surface area contributed by atoms with Crippen molar-refractivity contribution in [1.29, 1.82) is 0 Å². The van der Waals surface area contributed by atoms with Gasteiger partial charge in [0, 0.05) is 25.3 Å². The summed E-state index contributed by atoms with van der Waals surface area (Å²) in [6, 6.07) is 10.0. The summed E-state index contributed by atoms with van der Waals surface area (Å²) in [4.78, 5) is 14.3. The van der Waals surface area contributed by atoms with Crippen LogP contribution in [-0.2, 0) is 11.2 Å². The Kier molecular flexibility index (Phi) is 4.80. The van der Waals surface area contributed by atoms with E-state index in [2.05, 4.69) is 20.4 Å². The van der Waals surface area contributed by atoms with Crippen molar-refractivity contribution in [1.82, 2.24) is 15.5 Å². The van der Waals surface area contributed by atoms with E-state index in [-0.39, 0.29) is 24.2 Å². The summed E-state index contributed by atoms with van der Waals surface area (Å²) in [6.07, 6.45) is 3.76. The highest BCUT2D eigenvalue weighted by atomic mass is 19.1. The van der Waals surface area contributed by atoms with Crippen LogP contribution in [0.4, 0.5) is 10.2 Å². The molecule has 2 aromatic rings. The molecule has 1 aliphatic rings. The Balaban J connectivity index is 1.56. The van der Waals surface area contributed by atoms with Gasteiger partial charge in [-0.3, -0.25) is 4.79 Å². The summed E-state index contributed by atoms with van der Waals surface area (Å²) in [5.74, 6) is 0.431. The molecule has 3 rings (SSSR count). The number of hydrogen-bond donors (Lipinski definition) is 1. The first-order chi connectivity index (χ1) is 11.2. The van der Waals surface area contributed by atoms with Crippen LogP contribution in [0.2, 0.25) is 0 Å². The second-order valence-electron chi connectivity index (χ2n) is 5.74. The second-order valence-corrected chi connectivity index (χ2v) is 5.74. The third-order valence-corrected chi connectivity index (χ3v) is 3.92. The molecule has 1 N–H and O–H groups in total. The van der Waals surface area contributed by atoms with Crippen molar-refractivity contribution in [3.8, 4) is 0 Å². The molecule has 0 bridgehead atoms. The Morgan fingerprint density at radius 3 is 3.04 bits per heavy atom. The highest BCUT2D eigenvalue weighted by Gasteiger charge is 2.22. The molecule has 1 aliphatic heterocycles. The summed E-state index contributed by atoms with van der Waals surface area (Å²) in [5, 5.41) is 11.0. The number of nitrogens with zero attached hydrogens (tertiary/aromatic N) is 3. The molecule has 1 atom stereocenters. The van der Waals surface area contributed by atoms with Crippen LogP contribution in [0.25, 0.3) is 0 Å². The van der Waals surface area contributed by atoms with Crippen molar-refractivity contribution in [2.45, 2.75) is 25.3 Å². The van der Waals surface area contributed by atoms with E-state index in [0.717, 1.165) is 25.2 Å². The van der Waals surface area contributed by atoms with E-state index < -0.39 is 0 Å². The maximum atomic E-state index is 13.2. The summed E-state index contributed by atoms with van der Waals surface area (Å²) < 4.78 is 13.2. The fourth-order valence-corrected chi connectivity index (χ4v) is 2.88. The topological polar surface area (TPSA) is 58.1 Å². The fourth-order valence-electron chi connectivity index (χ4n) is 2.88. The maximum absolute atomic E-state index is 13.2. The third kappa shape index (κ3) is 4.25. The largest absolute Gasteiger partial charge is 0.353 e. The Labute approximate surface area is 134 Å². The van der Waals surface area contributed by atoms with E-state index in [4.69, 9.17) is 0 Å². The summed E-state index contributed by atoms with van der Waals surface area (Å²) in [6.45, 7) is 1.63. The average Bonchev–Trinajstić information content (AvgIpc) is 2.56. The number of aromatic nitrogens is 2. The van der Waals surface area contributed by atoms with Crippen LogP contribution in [0.15, 0.2) is 42.6 Å². The van der Waals surface area contributed by atoms with Gasteiger partial charge >= 0.3 is 0 Å². The number of halogens is 1. The number of anilines is 1. The van der Waals surface area contributed by atoms with Gasteiger partial charge in [0.2, 0.25) is 5.91 Å². The zero-order valence-electron chi connectivity index (χ0n) is 12.8. The molecule has 0 aliphatic carbocycles. The monoisotopic (exact) mass is 314 g/mol. The number of rotatable bonds is 4. The van der Waals surface area contributed by atoms with Crippen LogP contribution < -0.4 is 10.2 Å². The minimum Gasteiger partial charge on any atom is -0.353 e. The van der Waals surface area contributed by atoms with Crippen LogP contribution in [0.1, 0.15) is 18.4 Å². The minimum atomic E-state index is -0.318. The molecular weight excluding hydrogens is 295 g/mol. The molecule has 5 nitrogen and oxygen atoms in total. The number of amides is 1. The molecule has 1 aromatic heterocycles. The molecule has 1 saturated heterocycles. The van der Waals surface area contributed by atoms with Crippen LogP contribution in [-0.4, -0.2) is 35.2 Å². The molecule has 0 saturated carbocycles. The smallest absolute Gasteiger partial charge is 0.224 e. The van der Waals surface area contributed by atoms with E-state index in [1.54, 1.807) is 18.3 Å². The standard InChI is InChI=1S/C17H19FN4O/c18-14-5-1-4-13(10-14)11-17(23)20-15-6-3-9-22(12-15)16-7-2-8-19-21-16/h1-2,4-5,7-8,10,15H,3,6,9,11-12H2,(H,20,23)/t15-/m1/s1. The van der Waals surface area contributed by atoms with Crippen molar-refractivity contribution < 1.29 is 9.18 Å². The van der Waals surface area contributed by atoms with Gasteiger partial charge in [-0.25, -0.2) is 4.39 Å². The number of benzene rings is 1. The lowest BCUT2D eigenvalue weighted by Gasteiger charge is -2.33. The van der Waals surface area contributed by atoms with Gasteiger partial charge in [-0.15, -0.1) is 5.10 Å². The lowest BCUT2D eigenvalue weighted by atomic mass is 10.0. The van der Waals surface area contributed by atoms with Crippen molar-refractivity contribution in [3.05, 3.63) is 54.0 Å². The Morgan fingerprint density at radius 2 is 2.26 bits per heavy atom. The highest BCUT2D eigenvalue weighted by Crippen LogP contribution is 2.16. The SMILES string of the molecule is O=C(Cc1cccc(F)c1)N[C@@H]1CCCN(c2cccnn2)C1. The van der Waals surface area contributed by atoms with E-state index in [1.807, 2.05) is 12.1 Å². The third-order valence-electron chi connectivity index (χ3n) is 3.92. The molecule has 1 aromatic carbocycles. The first-order valence-corrected chi connectivity index (χ1v) is 7.77. The van der Waals surface area contributed by atoms with E-state index >= 15 is 0 Å². The summed E-state index contributed by atoms with van der Waals surface area (Å²) in [7, 11) is 0. The van der Waals surface area contributed by atoms with Gasteiger partial charge in [-0.2, -0.15) is 5.10 Å². The van der Waals surface area contributed by atoms with E-state index in [1.165, 1.54) is 12.1 Å². The first-order valence-electron chi connectivity index (χ1n) is 7.77. The summed E-state index contributed by atoms with van der Waals surface area (Å²) in [5.41, 5.74) is 0.684. The first kappa shape index (κ1) is 15.4. The number of carbonyl (C=O) groups is 1. The molecule has 1 fully saturated rings. The van der Waals surface area contributed by atoms with Crippen molar-refractivity contribution in [3.63, 3.8) is 0 Å². The van der Waals surface area contributed by atoms with Gasteiger partial charge in [-0.05, 0) is 42.7 Å². The number of piperidine rings is 1. The molecule has 1 amide bonds. The number of nitrogens with one attached hydrogen (secondary N) is 1. The zero-order chi connectivity index (χ0) is 16.1. The van der Waals surface area contributed by atoms with Gasteiger partial charge in [-0.1, -0.05) is 12.1 Å². The second kappa shape index (κ2) is 7.17. The minimum absolute atomic E-state index is 0.0758. The summed E-state index contributed by atoms with van der Waals surface area (Å²) >= 11 is 0. The van der Waals surface area contributed by atoms with Gasteiger partial charge in [0.25, 0.3) is 0 Å². The van der Waals surface area contributed by atoms with E-state index in [9.17, 15) is 9.18 Å². The fraction of sp³-hybridized carbons (Fsp3) is 0.353. The zero-order valence-corrected chi connectivity index (χ0v) is 12.8. The molecule has 2 heterocycles. The molecule has 0 spiro atoms.